The molecule has 0 fully saturated rings. The molecule has 0 saturated carbocycles. The fourth-order valence-electron chi connectivity index (χ4n) is 3.65. The normalized spacial score (nSPS) is 11.2. The first-order valence-corrected chi connectivity index (χ1v) is 13.3. The smallest absolute Gasteiger partial charge is 0.341 e. The zero-order valence-electron chi connectivity index (χ0n) is 22.2. The van der Waals surface area contributed by atoms with E-state index in [0.717, 1.165) is 38.5 Å². The summed E-state index contributed by atoms with van der Waals surface area (Å²) in [5.74, 6) is -0.515. The highest BCUT2D eigenvalue weighted by molar-refractivity contribution is 5.92. The monoisotopic (exact) mass is 500 g/mol. The number of phenolic OH excluding ortho intramolecular Hbond substituents is 1. The Labute approximate surface area is 216 Å². The highest BCUT2D eigenvalue weighted by atomic mass is 16.5. The zero-order valence-corrected chi connectivity index (χ0v) is 22.2. The Bertz CT molecular complexity index is 879. The van der Waals surface area contributed by atoms with Gasteiger partial charge in [-0.2, -0.15) is 0 Å². The Morgan fingerprint density at radius 3 is 2.06 bits per heavy atom. The van der Waals surface area contributed by atoms with Crippen molar-refractivity contribution in [2.45, 2.75) is 85.0 Å². The molecule has 2 N–H and O–H groups in total. The minimum Gasteiger partial charge on any atom is -0.507 e. The Kier molecular flexibility index (Phi) is 16.5. The summed E-state index contributed by atoms with van der Waals surface area (Å²) < 4.78 is 10.8. The van der Waals surface area contributed by atoms with Gasteiger partial charge in [0.25, 0.3) is 0 Å². The first kappa shape index (κ1) is 31.0. The summed E-state index contributed by atoms with van der Waals surface area (Å²) in [7, 11) is 0. The van der Waals surface area contributed by atoms with Crippen molar-refractivity contribution in [1.29, 1.82) is 0 Å². The van der Waals surface area contributed by atoms with E-state index < -0.39 is 11.9 Å². The summed E-state index contributed by atoms with van der Waals surface area (Å²) in [4.78, 5) is 22.7. The third kappa shape index (κ3) is 12.6. The molecule has 200 valence electrons. The first-order valence-electron chi connectivity index (χ1n) is 13.3. The fourth-order valence-corrected chi connectivity index (χ4v) is 3.65. The molecule has 0 spiro atoms. The number of hydrogen-bond donors (Lipinski definition) is 2. The average Bonchev–Trinajstić information content (AvgIpc) is 2.89. The van der Waals surface area contributed by atoms with Crippen LogP contribution < -0.4 is 4.74 Å². The minimum atomic E-state index is -0.937. The summed E-state index contributed by atoms with van der Waals surface area (Å²) in [5.41, 5.74) is 0.478. The number of benzene rings is 2. The predicted molar refractivity (Wildman–Crippen MR) is 144 cm³/mol. The SMILES string of the molecule is CCCCC(CC)COC(=O)c1ccccc1O.CCCCCCCCOc1ccccc1C(=O)O. The van der Waals surface area contributed by atoms with Crippen LogP contribution in [-0.4, -0.2) is 35.4 Å². The fraction of sp³-hybridized carbons (Fsp3) is 0.533. The van der Waals surface area contributed by atoms with E-state index in [1.807, 2.05) is 0 Å². The summed E-state index contributed by atoms with van der Waals surface area (Å²) in [6.45, 7) is 7.49. The number of para-hydroxylation sites is 2. The Hall–Kier alpha value is -3.02. The van der Waals surface area contributed by atoms with E-state index in [1.54, 1.807) is 42.5 Å². The number of phenols is 1. The van der Waals surface area contributed by atoms with Crippen LogP contribution in [0.5, 0.6) is 11.5 Å². The Morgan fingerprint density at radius 2 is 1.42 bits per heavy atom. The molecule has 2 rings (SSSR count). The van der Waals surface area contributed by atoms with Crippen LogP contribution in [0.2, 0.25) is 0 Å². The largest absolute Gasteiger partial charge is 0.507 e. The van der Waals surface area contributed by atoms with Gasteiger partial charge in [0.1, 0.15) is 22.6 Å². The molecule has 6 heteroatoms. The van der Waals surface area contributed by atoms with Gasteiger partial charge in [0.2, 0.25) is 0 Å². The quantitative estimate of drug-likeness (QED) is 0.180. The lowest BCUT2D eigenvalue weighted by atomic mass is 10.0. The molecular weight excluding hydrogens is 456 g/mol. The third-order valence-electron chi connectivity index (χ3n) is 5.99. The molecule has 1 atom stereocenters. The van der Waals surface area contributed by atoms with Crippen molar-refractivity contribution in [3.63, 3.8) is 0 Å². The van der Waals surface area contributed by atoms with Crippen LogP contribution in [0.4, 0.5) is 0 Å². The van der Waals surface area contributed by atoms with Crippen molar-refractivity contribution in [3.8, 4) is 11.5 Å². The van der Waals surface area contributed by atoms with E-state index in [9.17, 15) is 14.7 Å². The number of carboxylic acid groups (broad SMARTS) is 1. The van der Waals surface area contributed by atoms with Gasteiger partial charge >= 0.3 is 11.9 Å². The number of aromatic hydroxyl groups is 1. The van der Waals surface area contributed by atoms with Crippen molar-refractivity contribution >= 4 is 11.9 Å². The van der Waals surface area contributed by atoms with Crippen LogP contribution in [-0.2, 0) is 4.74 Å². The number of rotatable bonds is 16. The second-order valence-corrected chi connectivity index (χ2v) is 8.95. The molecule has 1 unspecified atom stereocenters. The summed E-state index contributed by atoms with van der Waals surface area (Å²) in [6.07, 6.45) is 11.6. The highest BCUT2D eigenvalue weighted by Gasteiger charge is 2.14. The van der Waals surface area contributed by atoms with Gasteiger partial charge in [0.15, 0.2) is 0 Å². The second kappa shape index (κ2) is 19.2. The lowest BCUT2D eigenvalue weighted by Crippen LogP contribution is -2.14. The van der Waals surface area contributed by atoms with Gasteiger partial charge in [-0.05, 0) is 43.0 Å². The van der Waals surface area contributed by atoms with Crippen molar-refractivity contribution in [2.75, 3.05) is 13.2 Å². The molecule has 2 aromatic rings. The number of unbranched alkanes of at least 4 members (excludes halogenated alkanes) is 6. The van der Waals surface area contributed by atoms with E-state index >= 15 is 0 Å². The molecule has 0 amide bonds. The first-order chi connectivity index (χ1) is 17.4. The molecule has 0 radical (unpaired) electrons. The molecule has 0 aromatic heterocycles. The highest BCUT2D eigenvalue weighted by Crippen LogP contribution is 2.19. The van der Waals surface area contributed by atoms with Crippen LogP contribution in [0.3, 0.4) is 0 Å². The second-order valence-electron chi connectivity index (χ2n) is 8.95. The number of carbonyl (C=O) groups is 2. The van der Waals surface area contributed by atoms with Crippen LogP contribution in [0, 0.1) is 5.92 Å². The van der Waals surface area contributed by atoms with Gasteiger partial charge in [-0.3, -0.25) is 0 Å². The van der Waals surface area contributed by atoms with Crippen LogP contribution in [0.1, 0.15) is 106 Å². The number of aromatic carboxylic acids is 1. The summed E-state index contributed by atoms with van der Waals surface area (Å²) in [6, 6.07) is 13.2. The summed E-state index contributed by atoms with van der Waals surface area (Å²) in [5, 5.41) is 18.5. The maximum atomic E-state index is 11.8. The Balaban J connectivity index is 0.000000360. The molecule has 2 aromatic carbocycles. The Morgan fingerprint density at radius 1 is 0.806 bits per heavy atom. The number of esters is 1. The molecule has 0 aliphatic heterocycles. The predicted octanol–water partition coefficient (Wildman–Crippen LogP) is 7.89. The van der Waals surface area contributed by atoms with Gasteiger partial charge in [0, 0.05) is 0 Å². The average molecular weight is 501 g/mol. The summed E-state index contributed by atoms with van der Waals surface area (Å²) >= 11 is 0. The molecule has 0 heterocycles. The number of ether oxygens (including phenoxy) is 2. The lowest BCUT2D eigenvalue weighted by Gasteiger charge is -2.14. The lowest BCUT2D eigenvalue weighted by molar-refractivity contribution is 0.0424. The minimum absolute atomic E-state index is 0.0240. The van der Waals surface area contributed by atoms with E-state index in [-0.39, 0.29) is 16.9 Å². The van der Waals surface area contributed by atoms with Crippen molar-refractivity contribution in [2.24, 2.45) is 5.92 Å². The van der Waals surface area contributed by atoms with Gasteiger partial charge in [0.05, 0.1) is 13.2 Å². The molecule has 0 saturated heterocycles. The molecule has 0 aliphatic rings. The van der Waals surface area contributed by atoms with E-state index in [0.29, 0.717) is 24.9 Å². The van der Waals surface area contributed by atoms with E-state index in [4.69, 9.17) is 14.6 Å². The third-order valence-corrected chi connectivity index (χ3v) is 5.99. The molecule has 36 heavy (non-hydrogen) atoms. The number of carboxylic acids is 1. The van der Waals surface area contributed by atoms with E-state index in [2.05, 4.69) is 20.8 Å². The number of hydrogen-bond acceptors (Lipinski definition) is 5. The van der Waals surface area contributed by atoms with Gasteiger partial charge < -0.3 is 19.7 Å². The van der Waals surface area contributed by atoms with Crippen molar-refractivity contribution < 1.29 is 29.3 Å². The van der Waals surface area contributed by atoms with Crippen molar-refractivity contribution in [3.05, 3.63) is 59.7 Å². The maximum absolute atomic E-state index is 11.8. The van der Waals surface area contributed by atoms with Crippen molar-refractivity contribution in [1.82, 2.24) is 0 Å². The van der Waals surface area contributed by atoms with Gasteiger partial charge in [-0.25, -0.2) is 9.59 Å². The molecule has 0 aliphatic carbocycles. The standard InChI is InChI=1S/2C15H22O3/c1-3-5-8-12(4-2)11-18-15(17)13-9-6-7-10-14(13)16;1-2-3-4-5-6-9-12-18-14-11-8-7-10-13(14)15(16)17/h6-7,9-10,12,16H,3-5,8,11H2,1-2H3;7-8,10-11H,2-6,9,12H2,1H3,(H,16,17). The topological polar surface area (TPSA) is 93.1 Å². The maximum Gasteiger partial charge on any atom is 0.341 e. The molecule has 0 bridgehead atoms. The molecular formula is C30H44O6. The van der Waals surface area contributed by atoms with E-state index in [1.165, 1.54) is 31.7 Å². The number of carbonyl (C=O) groups excluding carboxylic acids is 1. The van der Waals surface area contributed by atoms with Crippen LogP contribution in [0.15, 0.2) is 48.5 Å². The van der Waals surface area contributed by atoms with Crippen LogP contribution in [0.25, 0.3) is 0 Å². The van der Waals surface area contributed by atoms with Gasteiger partial charge in [-0.1, -0.05) is 96.4 Å². The zero-order chi connectivity index (χ0) is 26.6. The van der Waals surface area contributed by atoms with Crippen LogP contribution >= 0.6 is 0 Å². The van der Waals surface area contributed by atoms with Gasteiger partial charge in [-0.15, -0.1) is 0 Å². The molecule has 6 nitrogen and oxygen atoms in total.